The van der Waals surface area contributed by atoms with E-state index in [-0.39, 0.29) is 47.6 Å². The van der Waals surface area contributed by atoms with E-state index in [1.54, 1.807) is 0 Å². The van der Waals surface area contributed by atoms with Crippen LogP contribution in [0.3, 0.4) is 0 Å². The molecule has 150 valence electrons. The minimum absolute atomic E-state index is 0.0464. The van der Waals surface area contributed by atoms with Crippen LogP contribution in [-0.4, -0.2) is 42.8 Å². The molecule has 1 spiro atoms. The Labute approximate surface area is 162 Å². The van der Waals surface area contributed by atoms with Crippen LogP contribution in [0.5, 0.6) is 0 Å². The first-order chi connectivity index (χ1) is 13.3. The van der Waals surface area contributed by atoms with E-state index < -0.39 is 17.2 Å². The van der Waals surface area contributed by atoms with Crippen LogP contribution in [-0.2, 0) is 33.3 Å². The zero-order valence-corrected chi connectivity index (χ0v) is 16.1. The van der Waals surface area contributed by atoms with Gasteiger partial charge in [-0.15, -0.1) is 0 Å². The predicted molar refractivity (Wildman–Crippen MR) is 92.4 cm³/mol. The van der Waals surface area contributed by atoms with Crippen molar-refractivity contribution in [2.24, 2.45) is 28.6 Å². The van der Waals surface area contributed by atoms with Gasteiger partial charge < -0.3 is 18.9 Å². The number of carbonyl (C=O) groups excluding carboxylic acids is 3. The first-order valence-corrected chi connectivity index (χ1v) is 10.3. The number of ether oxygens (including phenoxy) is 4. The molecule has 7 rings (SSSR count). The number of allylic oxidation sites excluding steroid dienone is 1. The van der Waals surface area contributed by atoms with Crippen LogP contribution < -0.4 is 0 Å². The number of rotatable bonds is 1. The fraction of sp³-hybridized carbons (Fsp3) is 0.762. The molecule has 2 bridgehead atoms. The zero-order valence-electron chi connectivity index (χ0n) is 16.1. The van der Waals surface area contributed by atoms with Gasteiger partial charge in [-0.3, -0.25) is 14.4 Å². The molecule has 2 saturated carbocycles. The third kappa shape index (κ3) is 1.66. The van der Waals surface area contributed by atoms with Crippen molar-refractivity contribution in [3.8, 4) is 0 Å². The minimum Gasteiger partial charge on any atom is -0.489 e. The lowest BCUT2D eigenvalue weighted by atomic mass is 9.41. The van der Waals surface area contributed by atoms with E-state index in [2.05, 4.69) is 0 Å². The van der Waals surface area contributed by atoms with E-state index in [0.717, 1.165) is 30.6 Å². The van der Waals surface area contributed by atoms with Crippen molar-refractivity contribution in [2.75, 3.05) is 13.2 Å². The Hall–Kier alpha value is -1.89. The molecule has 7 atom stereocenters. The zero-order chi connectivity index (χ0) is 19.5. The molecule has 28 heavy (non-hydrogen) atoms. The molecule has 0 radical (unpaired) electrons. The van der Waals surface area contributed by atoms with Crippen LogP contribution in [0.2, 0.25) is 0 Å². The van der Waals surface area contributed by atoms with Crippen molar-refractivity contribution in [3.63, 3.8) is 0 Å². The van der Waals surface area contributed by atoms with Crippen LogP contribution in [0.15, 0.2) is 11.3 Å². The summed E-state index contributed by atoms with van der Waals surface area (Å²) in [4.78, 5) is 37.2. The quantitative estimate of drug-likeness (QED) is 0.634. The third-order valence-electron chi connectivity index (χ3n) is 8.63. The largest absolute Gasteiger partial charge is 0.489 e. The Bertz CT molecular complexity index is 849. The van der Waals surface area contributed by atoms with Crippen molar-refractivity contribution < 1.29 is 33.3 Å². The van der Waals surface area contributed by atoms with Crippen molar-refractivity contribution >= 4 is 17.7 Å². The van der Waals surface area contributed by atoms with E-state index in [1.807, 2.05) is 6.92 Å². The molecule has 4 heterocycles. The van der Waals surface area contributed by atoms with E-state index in [0.29, 0.717) is 19.4 Å². The normalized spacial score (nSPS) is 50.5. The van der Waals surface area contributed by atoms with E-state index in [9.17, 15) is 14.4 Å². The second-order valence-corrected chi connectivity index (χ2v) is 9.53. The summed E-state index contributed by atoms with van der Waals surface area (Å²) in [7, 11) is 0. The van der Waals surface area contributed by atoms with Crippen LogP contribution >= 0.6 is 0 Å². The first-order valence-electron chi connectivity index (χ1n) is 10.3. The average molecular weight is 388 g/mol. The molecule has 5 fully saturated rings. The van der Waals surface area contributed by atoms with Crippen LogP contribution in [0.25, 0.3) is 0 Å². The van der Waals surface area contributed by atoms with Gasteiger partial charge in [-0.05, 0) is 38.5 Å². The standard InChI is InChI=1S/C21H24O7/c1-10(22)28-21-6-5-20(9-26-21)13-4-3-11-14(23)8-25-16(11)12(13)7-15-17(20)19(21,2)18(24)27-15/h12-13,15,17H,3-9H2,1-2H3. The van der Waals surface area contributed by atoms with Crippen LogP contribution in [0, 0.1) is 28.6 Å². The maximum Gasteiger partial charge on any atom is 0.319 e. The Balaban J connectivity index is 1.48. The molecule has 7 heteroatoms. The highest BCUT2D eigenvalue weighted by Gasteiger charge is 2.81. The highest BCUT2D eigenvalue weighted by Crippen LogP contribution is 2.73. The van der Waals surface area contributed by atoms with Gasteiger partial charge in [0.1, 0.15) is 17.3 Å². The summed E-state index contributed by atoms with van der Waals surface area (Å²) in [5.74, 6) is -0.746. The van der Waals surface area contributed by atoms with Gasteiger partial charge in [0.2, 0.25) is 5.79 Å². The molecular weight excluding hydrogens is 364 g/mol. The molecule has 3 saturated heterocycles. The molecule has 0 aromatic rings. The van der Waals surface area contributed by atoms with Crippen LogP contribution in [0.1, 0.15) is 46.0 Å². The van der Waals surface area contributed by atoms with Gasteiger partial charge in [0, 0.05) is 36.2 Å². The van der Waals surface area contributed by atoms with Crippen molar-refractivity contribution in [1.29, 1.82) is 0 Å². The number of ketones is 1. The van der Waals surface area contributed by atoms with Gasteiger partial charge in [-0.2, -0.15) is 0 Å². The first kappa shape index (κ1) is 17.0. The number of esters is 2. The Kier molecular flexibility index (Phi) is 3.03. The maximum atomic E-state index is 13.1. The summed E-state index contributed by atoms with van der Waals surface area (Å²) in [5, 5.41) is 0. The molecule has 4 aliphatic heterocycles. The molecule has 7 unspecified atom stereocenters. The summed E-state index contributed by atoms with van der Waals surface area (Å²) in [6, 6.07) is 0. The Morgan fingerprint density at radius 2 is 2.07 bits per heavy atom. The summed E-state index contributed by atoms with van der Waals surface area (Å²) in [5.41, 5.74) is -0.375. The molecule has 0 N–H and O–H groups in total. The fourth-order valence-electron chi connectivity index (χ4n) is 7.68. The maximum absolute atomic E-state index is 13.1. The average Bonchev–Trinajstić information content (AvgIpc) is 3.16. The number of hydrogen-bond donors (Lipinski definition) is 0. The molecule has 0 aromatic heterocycles. The highest BCUT2D eigenvalue weighted by molar-refractivity contribution is 5.99. The molecule has 3 aliphatic carbocycles. The fourth-order valence-corrected chi connectivity index (χ4v) is 7.68. The topological polar surface area (TPSA) is 88.1 Å². The Morgan fingerprint density at radius 1 is 1.25 bits per heavy atom. The second-order valence-electron chi connectivity index (χ2n) is 9.53. The lowest BCUT2D eigenvalue weighted by Crippen LogP contribution is -2.73. The van der Waals surface area contributed by atoms with Gasteiger partial charge in [-0.1, -0.05) is 0 Å². The smallest absolute Gasteiger partial charge is 0.319 e. The summed E-state index contributed by atoms with van der Waals surface area (Å²) < 4.78 is 23.7. The molecule has 0 aromatic carbocycles. The van der Waals surface area contributed by atoms with Crippen molar-refractivity contribution in [3.05, 3.63) is 11.3 Å². The number of hydrogen-bond acceptors (Lipinski definition) is 7. The van der Waals surface area contributed by atoms with Crippen molar-refractivity contribution in [2.45, 2.75) is 57.8 Å². The highest BCUT2D eigenvalue weighted by atomic mass is 16.7. The van der Waals surface area contributed by atoms with Crippen LogP contribution in [0.4, 0.5) is 0 Å². The van der Waals surface area contributed by atoms with Gasteiger partial charge in [-0.25, -0.2) is 0 Å². The Morgan fingerprint density at radius 3 is 2.79 bits per heavy atom. The molecule has 7 aliphatic rings. The second kappa shape index (κ2) is 4.99. The number of Topliss-reactive ketones (excluding diaryl/α,β-unsaturated/α-hetero) is 1. The minimum atomic E-state index is -1.23. The number of carbonyl (C=O) groups is 3. The SMILES string of the molecule is CC(=O)OC12CCC3(CO1)C1CCC4=C(OCC4=O)C1CC1OC(=O)C2(C)C13. The van der Waals surface area contributed by atoms with E-state index in [4.69, 9.17) is 18.9 Å². The van der Waals surface area contributed by atoms with Gasteiger partial charge in [0.05, 0.1) is 6.61 Å². The monoisotopic (exact) mass is 388 g/mol. The number of fused-ring (bicyclic) bond motifs is 4. The molecule has 0 amide bonds. The van der Waals surface area contributed by atoms with Gasteiger partial charge in [0.25, 0.3) is 0 Å². The summed E-state index contributed by atoms with van der Waals surface area (Å²) in [6.07, 6.45) is 3.36. The van der Waals surface area contributed by atoms with E-state index in [1.165, 1.54) is 6.92 Å². The van der Waals surface area contributed by atoms with Gasteiger partial charge in [0.15, 0.2) is 12.4 Å². The van der Waals surface area contributed by atoms with E-state index >= 15 is 0 Å². The van der Waals surface area contributed by atoms with Crippen molar-refractivity contribution in [1.82, 2.24) is 0 Å². The lowest BCUT2D eigenvalue weighted by Gasteiger charge is -2.67. The summed E-state index contributed by atoms with van der Waals surface area (Å²) in [6.45, 7) is 3.81. The summed E-state index contributed by atoms with van der Waals surface area (Å²) >= 11 is 0. The van der Waals surface area contributed by atoms with Gasteiger partial charge >= 0.3 is 11.9 Å². The lowest BCUT2D eigenvalue weighted by molar-refractivity contribution is -0.376. The predicted octanol–water partition coefficient (Wildman–Crippen LogP) is 1.89. The molecule has 7 nitrogen and oxygen atoms in total. The molecular formula is C21H24O7. The third-order valence-corrected chi connectivity index (χ3v) is 8.63.